The zero-order valence-corrected chi connectivity index (χ0v) is 17.1. The summed E-state index contributed by atoms with van der Waals surface area (Å²) < 4.78 is 10.8. The minimum Gasteiger partial charge on any atom is -0.508 e. The highest BCUT2D eigenvalue weighted by Gasteiger charge is 2.45. The average molecular weight is 480 g/mol. The second-order valence-corrected chi connectivity index (χ2v) is 7.51. The lowest BCUT2D eigenvalue weighted by Crippen LogP contribution is -2.59. The lowest BCUT2D eigenvalue weighted by molar-refractivity contribution is -0.387. The van der Waals surface area contributed by atoms with Crippen molar-refractivity contribution in [2.75, 3.05) is 6.61 Å². The van der Waals surface area contributed by atoms with E-state index in [9.17, 15) is 45.6 Å². The summed E-state index contributed by atoms with van der Waals surface area (Å²) in [6, 6.07) is 5.30. The second-order valence-electron chi connectivity index (χ2n) is 7.51. The monoisotopic (exact) mass is 480 g/mol. The molecule has 1 aliphatic heterocycles. The van der Waals surface area contributed by atoms with Crippen LogP contribution < -0.4 is 10.3 Å². The Morgan fingerprint density at radius 3 is 2.29 bits per heavy atom. The van der Waals surface area contributed by atoms with E-state index in [-0.39, 0.29) is 16.9 Å². The fraction of sp³-hybridized carbons (Fsp3) is 0.286. The van der Waals surface area contributed by atoms with E-state index in [2.05, 4.69) is 0 Å². The van der Waals surface area contributed by atoms with Crippen LogP contribution >= 0.6 is 0 Å². The maximum Gasteiger partial charge on any atom is 0.256 e. The van der Waals surface area contributed by atoms with Gasteiger partial charge in [0.2, 0.25) is 11.7 Å². The summed E-state index contributed by atoms with van der Waals surface area (Å²) in [7, 11) is 0. The molecule has 0 spiro atoms. The number of phenols is 4. The van der Waals surface area contributed by atoms with Crippen molar-refractivity contribution in [3.8, 4) is 40.1 Å². The minimum absolute atomic E-state index is 0.00420. The fourth-order valence-electron chi connectivity index (χ4n) is 3.44. The molecule has 1 aromatic heterocycles. The van der Waals surface area contributed by atoms with Gasteiger partial charge in [-0.1, -0.05) is 0 Å². The van der Waals surface area contributed by atoms with E-state index in [4.69, 9.17) is 18.9 Å². The molecule has 2 heterocycles. The molecule has 0 amide bonds. The summed E-state index contributed by atoms with van der Waals surface area (Å²) in [5.74, 6) is -3.18. The molecule has 34 heavy (non-hydrogen) atoms. The van der Waals surface area contributed by atoms with Gasteiger partial charge in [0.25, 0.3) is 5.75 Å². The Labute approximate surface area is 189 Å². The lowest BCUT2D eigenvalue weighted by atomic mass is 9.99. The van der Waals surface area contributed by atoms with Crippen LogP contribution in [-0.2, 0) is 9.62 Å². The highest BCUT2D eigenvalue weighted by molar-refractivity contribution is 5.88. The lowest BCUT2D eigenvalue weighted by Gasteiger charge is -2.38. The van der Waals surface area contributed by atoms with Gasteiger partial charge in [0.05, 0.1) is 6.61 Å². The molecular weight excluding hydrogens is 460 g/mol. The standard InChI is InChI=1S/C21H20O13/c22-6-13-15(27)17(29)18(30)21(32-13)34-33-20-16(28)14-11(26)4-8(23)5-12(14)31-19(20)7-1-2-9(24)10(25)3-7/h1-5,13,15,17-18,21-27,29-30H,6H2/t13-,15+,17+,18-,21+/m0/s1. The number of rotatable bonds is 5. The fourth-order valence-corrected chi connectivity index (χ4v) is 3.44. The molecule has 1 saturated heterocycles. The number of hydrogen-bond donors (Lipinski definition) is 8. The molecule has 3 aromatic rings. The Morgan fingerprint density at radius 1 is 0.882 bits per heavy atom. The van der Waals surface area contributed by atoms with Crippen molar-refractivity contribution >= 4 is 11.0 Å². The Bertz CT molecular complexity index is 1270. The van der Waals surface area contributed by atoms with Gasteiger partial charge in [0.1, 0.15) is 46.9 Å². The quantitative estimate of drug-likeness (QED) is 0.130. The first kappa shape index (κ1) is 23.6. The third-order valence-corrected chi connectivity index (χ3v) is 5.23. The largest absolute Gasteiger partial charge is 0.508 e. The Balaban J connectivity index is 1.79. The molecule has 0 saturated carbocycles. The molecule has 2 aromatic carbocycles. The molecule has 0 unspecified atom stereocenters. The van der Waals surface area contributed by atoms with Gasteiger partial charge in [0, 0.05) is 17.7 Å². The summed E-state index contributed by atoms with van der Waals surface area (Å²) in [5, 5.41) is 78.1. The van der Waals surface area contributed by atoms with Gasteiger partial charge < -0.3 is 54.9 Å². The van der Waals surface area contributed by atoms with Gasteiger partial charge in [-0.05, 0) is 18.2 Å². The van der Waals surface area contributed by atoms with Crippen molar-refractivity contribution in [2.24, 2.45) is 0 Å². The van der Waals surface area contributed by atoms with Crippen LogP contribution in [0.1, 0.15) is 0 Å². The van der Waals surface area contributed by atoms with Crippen molar-refractivity contribution in [3.63, 3.8) is 0 Å². The molecule has 8 N–H and O–H groups in total. The third kappa shape index (κ3) is 4.07. The number of phenolic OH excluding ortho intramolecular Hbond substituents is 4. The smallest absolute Gasteiger partial charge is 0.256 e. The molecule has 5 atom stereocenters. The SMILES string of the molecule is O=c1c(OO[C@H]2O[C@@H](CO)[C@@H](O)[C@@H](O)[C@@H]2O)c(-c2ccc(O)c(O)c2)oc2cc(O)cc(O)c12. The van der Waals surface area contributed by atoms with E-state index in [1.54, 1.807) is 0 Å². The Morgan fingerprint density at radius 2 is 1.62 bits per heavy atom. The second kappa shape index (κ2) is 8.98. The van der Waals surface area contributed by atoms with E-state index < -0.39 is 76.9 Å². The van der Waals surface area contributed by atoms with E-state index >= 15 is 0 Å². The van der Waals surface area contributed by atoms with Gasteiger partial charge in [-0.25, -0.2) is 0 Å². The van der Waals surface area contributed by atoms with E-state index in [1.165, 1.54) is 6.07 Å². The third-order valence-electron chi connectivity index (χ3n) is 5.23. The summed E-state index contributed by atoms with van der Waals surface area (Å²) in [6.07, 6.45) is -8.39. The Hall–Kier alpha value is -3.59. The van der Waals surface area contributed by atoms with Gasteiger partial charge in [-0.15, -0.1) is 0 Å². The highest BCUT2D eigenvalue weighted by Crippen LogP contribution is 2.38. The molecule has 4 rings (SSSR count). The first-order valence-electron chi connectivity index (χ1n) is 9.81. The van der Waals surface area contributed by atoms with E-state index in [1.807, 2.05) is 0 Å². The molecular formula is C21H20O13. The van der Waals surface area contributed by atoms with Crippen LogP contribution in [0.4, 0.5) is 0 Å². The van der Waals surface area contributed by atoms with Crippen LogP contribution in [0.3, 0.4) is 0 Å². The van der Waals surface area contributed by atoms with Gasteiger partial charge in [-0.2, -0.15) is 4.89 Å². The number of ether oxygens (including phenoxy) is 1. The van der Waals surface area contributed by atoms with Gasteiger partial charge in [0.15, 0.2) is 17.3 Å². The van der Waals surface area contributed by atoms with Crippen molar-refractivity contribution in [2.45, 2.75) is 30.7 Å². The molecule has 1 fully saturated rings. The Kier molecular flexibility index (Phi) is 6.22. The first-order valence-corrected chi connectivity index (χ1v) is 9.81. The van der Waals surface area contributed by atoms with Crippen LogP contribution in [0.2, 0.25) is 0 Å². The number of hydrogen-bond acceptors (Lipinski definition) is 13. The van der Waals surface area contributed by atoms with Crippen LogP contribution in [0.5, 0.6) is 28.7 Å². The number of aliphatic hydroxyl groups is 4. The number of fused-ring (bicyclic) bond motifs is 1. The molecule has 1 aliphatic rings. The molecule has 0 radical (unpaired) electrons. The topological polar surface area (TPSA) is 220 Å². The molecule has 0 bridgehead atoms. The maximum absolute atomic E-state index is 13.1. The van der Waals surface area contributed by atoms with Crippen molar-refractivity contribution < 1.29 is 59.8 Å². The number of aromatic hydroxyl groups is 4. The predicted octanol–water partition coefficient (Wildman–Crippen LogP) is -0.607. The zero-order chi connectivity index (χ0) is 24.7. The van der Waals surface area contributed by atoms with Crippen LogP contribution in [0, 0.1) is 0 Å². The molecule has 13 nitrogen and oxygen atoms in total. The van der Waals surface area contributed by atoms with Crippen LogP contribution in [0.15, 0.2) is 39.5 Å². The zero-order valence-electron chi connectivity index (χ0n) is 17.1. The number of aliphatic hydroxyl groups excluding tert-OH is 4. The van der Waals surface area contributed by atoms with Crippen molar-refractivity contribution in [3.05, 3.63) is 40.6 Å². The molecule has 0 aliphatic carbocycles. The highest BCUT2D eigenvalue weighted by atomic mass is 17.2. The minimum atomic E-state index is -1.85. The molecule has 182 valence electrons. The maximum atomic E-state index is 13.1. The summed E-state index contributed by atoms with van der Waals surface area (Å²) in [6.45, 7) is -0.738. The van der Waals surface area contributed by atoms with Crippen LogP contribution in [0.25, 0.3) is 22.3 Å². The van der Waals surface area contributed by atoms with Gasteiger partial charge >= 0.3 is 0 Å². The van der Waals surface area contributed by atoms with E-state index in [0.717, 1.165) is 24.3 Å². The average Bonchev–Trinajstić information content (AvgIpc) is 2.79. The van der Waals surface area contributed by atoms with E-state index in [0.29, 0.717) is 0 Å². The number of benzene rings is 2. The molecule has 13 heteroatoms. The normalized spacial score (nSPS) is 24.9. The van der Waals surface area contributed by atoms with Gasteiger partial charge in [-0.3, -0.25) is 4.79 Å². The first-order chi connectivity index (χ1) is 16.1. The summed E-state index contributed by atoms with van der Waals surface area (Å²) >= 11 is 0. The predicted molar refractivity (Wildman–Crippen MR) is 110 cm³/mol. The van der Waals surface area contributed by atoms with Crippen molar-refractivity contribution in [1.29, 1.82) is 0 Å². The summed E-state index contributed by atoms with van der Waals surface area (Å²) in [5.41, 5.74) is -1.25. The van der Waals surface area contributed by atoms with Crippen molar-refractivity contribution in [1.82, 2.24) is 0 Å². The summed E-state index contributed by atoms with van der Waals surface area (Å²) in [4.78, 5) is 23.2. The van der Waals surface area contributed by atoms with Crippen LogP contribution in [-0.4, -0.2) is 78.2 Å².